The van der Waals surface area contributed by atoms with E-state index >= 15 is 0 Å². The highest BCUT2D eigenvalue weighted by Crippen LogP contribution is 2.28. The summed E-state index contributed by atoms with van der Waals surface area (Å²) in [5.74, 6) is 0.299. The van der Waals surface area contributed by atoms with Crippen molar-refractivity contribution in [1.29, 1.82) is 0 Å². The Morgan fingerprint density at radius 2 is 1.79 bits per heavy atom. The Bertz CT molecular complexity index is 895. The minimum Gasteiger partial charge on any atom is -0.325 e. The van der Waals surface area contributed by atoms with E-state index in [-0.39, 0.29) is 10.8 Å². The molecule has 0 saturated heterocycles. The van der Waals surface area contributed by atoms with Crippen LogP contribution in [0.4, 0.5) is 11.4 Å². The number of hydrogen-bond acceptors (Lipinski definition) is 4. The Labute approximate surface area is 171 Å². The second kappa shape index (κ2) is 9.47. The third-order valence-corrected chi connectivity index (χ3v) is 8.05. The van der Waals surface area contributed by atoms with E-state index in [1.807, 2.05) is 6.07 Å². The summed E-state index contributed by atoms with van der Waals surface area (Å²) in [6, 6.07) is 15.3. The van der Waals surface area contributed by atoms with Crippen molar-refractivity contribution in [1.82, 2.24) is 0 Å². The third kappa shape index (κ3) is 5.29. The smallest absolute Gasteiger partial charge is 0.264 e. The predicted octanol–water partition coefficient (Wildman–Crippen LogP) is 4.52. The molecule has 0 bridgehead atoms. The first-order valence-corrected chi connectivity index (χ1v) is 12.0. The first-order chi connectivity index (χ1) is 13.5. The predicted molar refractivity (Wildman–Crippen MR) is 116 cm³/mol. The van der Waals surface area contributed by atoms with E-state index in [1.165, 1.54) is 49.5 Å². The third-order valence-electron chi connectivity index (χ3n) is 4.90. The van der Waals surface area contributed by atoms with Gasteiger partial charge in [0.25, 0.3) is 10.0 Å². The van der Waals surface area contributed by atoms with E-state index in [0.717, 1.165) is 0 Å². The van der Waals surface area contributed by atoms with Gasteiger partial charge < -0.3 is 5.32 Å². The van der Waals surface area contributed by atoms with Gasteiger partial charge in [-0.05, 0) is 43.2 Å². The fourth-order valence-corrected chi connectivity index (χ4v) is 5.66. The number of carbonyl (C=O) groups is 1. The van der Waals surface area contributed by atoms with E-state index in [4.69, 9.17) is 0 Å². The van der Waals surface area contributed by atoms with Crippen molar-refractivity contribution in [3.8, 4) is 0 Å². The summed E-state index contributed by atoms with van der Waals surface area (Å²) >= 11 is 1.70. The molecule has 0 aromatic heterocycles. The van der Waals surface area contributed by atoms with E-state index in [0.29, 0.717) is 22.4 Å². The number of anilines is 2. The Balaban J connectivity index is 1.65. The number of sulfonamides is 1. The number of thioether (sulfide) groups is 1. The van der Waals surface area contributed by atoms with Crippen molar-refractivity contribution in [2.75, 3.05) is 22.4 Å². The van der Waals surface area contributed by atoms with Crippen molar-refractivity contribution in [2.45, 2.75) is 42.2 Å². The average Bonchev–Trinajstić information content (AvgIpc) is 2.73. The number of nitrogens with one attached hydrogen (secondary N) is 1. The summed E-state index contributed by atoms with van der Waals surface area (Å²) in [5, 5.41) is 3.39. The van der Waals surface area contributed by atoms with E-state index in [2.05, 4.69) is 5.32 Å². The Kier molecular flexibility index (Phi) is 7.02. The van der Waals surface area contributed by atoms with Crippen LogP contribution in [0.15, 0.2) is 59.5 Å². The molecule has 0 heterocycles. The Morgan fingerprint density at radius 3 is 2.50 bits per heavy atom. The van der Waals surface area contributed by atoms with Crippen LogP contribution in [0.25, 0.3) is 0 Å². The molecule has 0 atom stereocenters. The van der Waals surface area contributed by atoms with Crippen LogP contribution in [-0.4, -0.2) is 32.4 Å². The molecule has 0 spiro atoms. The second-order valence-corrected chi connectivity index (χ2v) is 10.2. The number of para-hydroxylation sites is 1. The zero-order valence-corrected chi connectivity index (χ0v) is 17.6. The van der Waals surface area contributed by atoms with Gasteiger partial charge in [0.05, 0.1) is 16.3 Å². The number of nitrogens with zero attached hydrogens (tertiary/aromatic N) is 1. The minimum absolute atomic E-state index is 0.0958. The maximum Gasteiger partial charge on any atom is 0.264 e. The van der Waals surface area contributed by atoms with E-state index in [9.17, 15) is 13.2 Å². The summed E-state index contributed by atoms with van der Waals surface area (Å²) in [7, 11) is -2.18. The van der Waals surface area contributed by atoms with Gasteiger partial charge in [-0.3, -0.25) is 9.10 Å². The highest BCUT2D eigenvalue weighted by molar-refractivity contribution is 8.00. The van der Waals surface area contributed by atoms with Crippen LogP contribution in [-0.2, 0) is 14.8 Å². The molecule has 2 aromatic carbocycles. The molecule has 1 aliphatic rings. The second-order valence-electron chi connectivity index (χ2n) is 6.96. The maximum atomic E-state index is 12.9. The van der Waals surface area contributed by atoms with Gasteiger partial charge in [0.1, 0.15) is 0 Å². The zero-order valence-electron chi connectivity index (χ0n) is 16.0. The first kappa shape index (κ1) is 20.7. The highest BCUT2D eigenvalue weighted by atomic mass is 32.2. The minimum atomic E-state index is -3.70. The molecule has 1 fully saturated rings. The molecule has 3 rings (SSSR count). The van der Waals surface area contributed by atoms with Gasteiger partial charge in [-0.25, -0.2) is 8.42 Å². The summed E-state index contributed by atoms with van der Waals surface area (Å²) in [4.78, 5) is 12.4. The summed E-state index contributed by atoms with van der Waals surface area (Å²) in [6.07, 6.45) is 6.14. The number of rotatable bonds is 7. The SMILES string of the molecule is CN(c1ccccc1)S(=O)(=O)c1cccc(NC(=O)CSC2CCCCC2)c1. The van der Waals surface area contributed by atoms with Crippen LogP contribution >= 0.6 is 11.8 Å². The van der Waals surface area contributed by atoms with Crippen molar-refractivity contribution >= 4 is 39.1 Å². The summed E-state index contributed by atoms with van der Waals surface area (Å²) in [5.41, 5.74) is 1.08. The average molecular weight is 419 g/mol. The maximum absolute atomic E-state index is 12.9. The summed E-state index contributed by atoms with van der Waals surface area (Å²) in [6.45, 7) is 0. The molecule has 0 radical (unpaired) electrons. The molecule has 5 nitrogen and oxygen atoms in total. The standard InChI is InChI=1S/C21H26N2O3S2/c1-23(18-10-4-2-5-11-18)28(25,26)20-14-8-9-17(15-20)22-21(24)16-27-19-12-6-3-7-13-19/h2,4-5,8-11,14-15,19H,3,6-7,12-13,16H2,1H3,(H,22,24). The molecule has 0 aliphatic heterocycles. The van der Waals surface area contributed by atoms with E-state index < -0.39 is 10.0 Å². The molecule has 1 N–H and O–H groups in total. The van der Waals surface area contributed by atoms with Crippen LogP contribution in [0.5, 0.6) is 0 Å². The largest absolute Gasteiger partial charge is 0.325 e. The lowest BCUT2D eigenvalue weighted by atomic mass is 10.0. The topological polar surface area (TPSA) is 66.5 Å². The molecule has 28 heavy (non-hydrogen) atoms. The van der Waals surface area contributed by atoms with Crippen LogP contribution < -0.4 is 9.62 Å². The number of benzene rings is 2. The van der Waals surface area contributed by atoms with Crippen molar-refractivity contribution in [3.63, 3.8) is 0 Å². The van der Waals surface area contributed by atoms with Crippen molar-refractivity contribution in [2.24, 2.45) is 0 Å². The van der Waals surface area contributed by atoms with Crippen LogP contribution in [0, 0.1) is 0 Å². The van der Waals surface area contributed by atoms with Gasteiger partial charge in [0, 0.05) is 18.0 Å². The van der Waals surface area contributed by atoms with Gasteiger partial charge >= 0.3 is 0 Å². The van der Waals surface area contributed by atoms with Gasteiger partial charge in [0.2, 0.25) is 5.91 Å². The van der Waals surface area contributed by atoms with Gasteiger partial charge in [0.15, 0.2) is 0 Å². The normalized spacial score (nSPS) is 15.2. The quantitative estimate of drug-likeness (QED) is 0.718. The van der Waals surface area contributed by atoms with Gasteiger partial charge in [-0.1, -0.05) is 43.5 Å². The fourth-order valence-electron chi connectivity index (χ4n) is 3.29. The fraction of sp³-hybridized carbons (Fsp3) is 0.381. The van der Waals surface area contributed by atoms with Crippen molar-refractivity contribution < 1.29 is 13.2 Å². The molecule has 1 aliphatic carbocycles. The molecule has 0 unspecified atom stereocenters. The monoisotopic (exact) mass is 418 g/mol. The number of carbonyl (C=O) groups excluding carboxylic acids is 1. The molecule has 1 amide bonds. The Hall–Kier alpha value is -1.99. The van der Waals surface area contributed by atoms with Gasteiger partial charge in [-0.15, -0.1) is 11.8 Å². The van der Waals surface area contributed by atoms with Crippen molar-refractivity contribution in [3.05, 3.63) is 54.6 Å². The zero-order chi connectivity index (χ0) is 20.0. The molecular formula is C21H26N2O3S2. The molecule has 150 valence electrons. The van der Waals surface area contributed by atoms with E-state index in [1.54, 1.807) is 54.2 Å². The Morgan fingerprint density at radius 1 is 1.07 bits per heavy atom. The summed E-state index contributed by atoms with van der Waals surface area (Å²) < 4.78 is 27.1. The number of hydrogen-bond donors (Lipinski definition) is 1. The number of amides is 1. The van der Waals surface area contributed by atoms with Crippen LogP contribution in [0.2, 0.25) is 0 Å². The lowest BCUT2D eigenvalue weighted by molar-refractivity contribution is -0.113. The lowest BCUT2D eigenvalue weighted by Crippen LogP contribution is -2.26. The first-order valence-electron chi connectivity index (χ1n) is 9.52. The molecule has 2 aromatic rings. The highest BCUT2D eigenvalue weighted by Gasteiger charge is 2.22. The lowest BCUT2D eigenvalue weighted by Gasteiger charge is -2.21. The van der Waals surface area contributed by atoms with Crippen LogP contribution in [0.1, 0.15) is 32.1 Å². The molecular weight excluding hydrogens is 392 g/mol. The molecule has 7 heteroatoms. The molecule has 1 saturated carbocycles. The van der Waals surface area contributed by atoms with Crippen LogP contribution in [0.3, 0.4) is 0 Å². The van der Waals surface area contributed by atoms with Gasteiger partial charge in [-0.2, -0.15) is 0 Å².